The van der Waals surface area contributed by atoms with E-state index in [1.165, 1.54) is 11.1 Å². The Balaban J connectivity index is 3.92. The molecule has 0 aromatic carbocycles. The summed E-state index contributed by atoms with van der Waals surface area (Å²) < 4.78 is 5.09. The third-order valence-corrected chi connectivity index (χ3v) is 2.49. The van der Waals surface area contributed by atoms with Crippen molar-refractivity contribution in [3.63, 3.8) is 0 Å². The summed E-state index contributed by atoms with van der Waals surface area (Å²) in [6.07, 6.45) is 8.01. The molecule has 2 heteroatoms. The quantitative estimate of drug-likeness (QED) is 0.393. The van der Waals surface area contributed by atoms with Gasteiger partial charge < -0.3 is 4.74 Å². The molecule has 0 aliphatic carbocycles. The molecule has 2 nitrogen and oxygen atoms in total. The van der Waals surface area contributed by atoms with E-state index >= 15 is 0 Å². The number of hydrogen-bond donors (Lipinski definition) is 0. The molecule has 0 amide bonds. The third-order valence-electron chi connectivity index (χ3n) is 2.49. The minimum absolute atomic E-state index is 0.235. The van der Waals surface area contributed by atoms with Crippen LogP contribution in [0, 0.1) is 0 Å². The van der Waals surface area contributed by atoms with E-state index in [1.54, 1.807) is 13.0 Å². The summed E-state index contributed by atoms with van der Waals surface area (Å²) in [6.45, 7) is 10.2. The van der Waals surface area contributed by atoms with Crippen LogP contribution in [-0.4, -0.2) is 12.6 Å². The maximum Gasteiger partial charge on any atom is 0.333 e. The number of rotatable bonds is 6. The molecule has 0 atom stereocenters. The van der Waals surface area contributed by atoms with Crippen LogP contribution in [0.1, 0.15) is 47.5 Å². The van der Waals surface area contributed by atoms with Gasteiger partial charge in [0.25, 0.3) is 0 Å². The van der Waals surface area contributed by atoms with Crippen LogP contribution in [0.2, 0.25) is 0 Å². The van der Waals surface area contributed by atoms with Crippen LogP contribution in [0.3, 0.4) is 0 Å². The first kappa shape index (κ1) is 15.7. The van der Waals surface area contributed by atoms with Gasteiger partial charge in [-0.3, -0.25) is 0 Å². The van der Waals surface area contributed by atoms with E-state index in [2.05, 4.69) is 26.8 Å². The molecule has 0 spiro atoms. The Labute approximate surface area is 105 Å². The molecule has 0 aromatic heterocycles. The lowest BCUT2D eigenvalue weighted by atomic mass is 10.1. The SMILES string of the molecule is CC=C(C)C(=O)OC/C=C(\C)CCC=C(C)C. The molecule has 0 bridgehead atoms. The molecule has 0 fully saturated rings. The summed E-state index contributed by atoms with van der Waals surface area (Å²) in [5.74, 6) is -0.235. The zero-order chi connectivity index (χ0) is 13.3. The first-order chi connectivity index (χ1) is 7.97. The molecule has 0 saturated carbocycles. The minimum Gasteiger partial charge on any atom is -0.458 e. The van der Waals surface area contributed by atoms with E-state index in [1.807, 2.05) is 13.0 Å². The maximum atomic E-state index is 11.3. The van der Waals surface area contributed by atoms with Crippen LogP contribution >= 0.6 is 0 Å². The van der Waals surface area contributed by atoms with E-state index in [-0.39, 0.29) is 5.97 Å². The molecule has 0 radical (unpaired) electrons. The zero-order valence-electron chi connectivity index (χ0n) is 11.7. The zero-order valence-corrected chi connectivity index (χ0v) is 11.7. The fourth-order valence-electron chi connectivity index (χ4n) is 1.18. The Kier molecular flexibility index (Phi) is 8.12. The second-order valence-corrected chi connectivity index (χ2v) is 4.44. The molecule has 0 aliphatic rings. The highest BCUT2D eigenvalue weighted by atomic mass is 16.5. The van der Waals surface area contributed by atoms with Crippen molar-refractivity contribution in [3.05, 3.63) is 34.9 Å². The molecule has 0 heterocycles. The molecule has 96 valence electrons. The Morgan fingerprint density at radius 1 is 1.12 bits per heavy atom. The highest BCUT2D eigenvalue weighted by Gasteiger charge is 2.02. The molecule has 0 aromatic rings. The van der Waals surface area contributed by atoms with Crippen molar-refractivity contribution >= 4 is 5.97 Å². The Morgan fingerprint density at radius 3 is 2.29 bits per heavy atom. The van der Waals surface area contributed by atoms with Gasteiger partial charge in [0.05, 0.1) is 0 Å². The topological polar surface area (TPSA) is 26.3 Å². The van der Waals surface area contributed by atoms with Crippen LogP contribution < -0.4 is 0 Å². The van der Waals surface area contributed by atoms with E-state index in [0.29, 0.717) is 12.2 Å². The number of carbonyl (C=O) groups is 1. The molecular weight excluding hydrogens is 212 g/mol. The summed E-state index contributed by atoms with van der Waals surface area (Å²) in [6, 6.07) is 0. The first-order valence-electron chi connectivity index (χ1n) is 6.06. The van der Waals surface area contributed by atoms with Gasteiger partial charge in [-0.1, -0.05) is 23.3 Å². The van der Waals surface area contributed by atoms with E-state index in [9.17, 15) is 4.79 Å². The van der Waals surface area contributed by atoms with Gasteiger partial charge in [0.2, 0.25) is 0 Å². The molecule has 17 heavy (non-hydrogen) atoms. The monoisotopic (exact) mass is 236 g/mol. The predicted octanol–water partition coefficient (Wildman–Crippen LogP) is 4.19. The highest BCUT2D eigenvalue weighted by Crippen LogP contribution is 2.06. The van der Waals surface area contributed by atoms with Crippen molar-refractivity contribution in [3.8, 4) is 0 Å². The van der Waals surface area contributed by atoms with Gasteiger partial charge in [-0.15, -0.1) is 0 Å². The van der Waals surface area contributed by atoms with E-state index in [4.69, 9.17) is 4.74 Å². The van der Waals surface area contributed by atoms with Gasteiger partial charge in [-0.05, 0) is 53.5 Å². The summed E-state index contributed by atoms with van der Waals surface area (Å²) in [4.78, 5) is 11.3. The van der Waals surface area contributed by atoms with Crippen molar-refractivity contribution in [1.29, 1.82) is 0 Å². The lowest BCUT2D eigenvalue weighted by molar-refractivity contribution is -0.137. The van der Waals surface area contributed by atoms with Gasteiger partial charge in [-0.25, -0.2) is 4.79 Å². The van der Waals surface area contributed by atoms with Crippen LogP contribution in [0.25, 0.3) is 0 Å². The van der Waals surface area contributed by atoms with Crippen LogP contribution in [-0.2, 0) is 9.53 Å². The second kappa shape index (κ2) is 8.80. The number of carbonyl (C=O) groups excluding carboxylic acids is 1. The Morgan fingerprint density at radius 2 is 1.76 bits per heavy atom. The van der Waals surface area contributed by atoms with Crippen molar-refractivity contribution in [1.82, 2.24) is 0 Å². The average molecular weight is 236 g/mol. The van der Waals surface area contributed by atoms with Gasteiger partial charge in [0, 0.05) is 5.57 Å². The van der Waals surface area contributed by atoms with Gasteiger partial charge in [0.15, 0.2) is 0 Å². The third kappa shape index (κ3) is 8.49. The van der Waals surface area contributed by atoms with Crippen molar-refractivity contribution < 1.29 is 9.53 Å². The normalized spacial score (nSPS) is 12.3. The molecular formula is C15H24O2. The van der Waals surface area contributed by atoms with Crippen molar-refractivity contribution in [2.45, 2.75) is 47.5 Å². The summed E-state index contributed by atoms with van der Waals surface area (Å²) in [5, 5.41) is 0. The molecule has 0 unspecified atom stereocenters. The fraction of sp³-hybridized carbons (Fsp3) is 0.533. The van der Waals surface area contributed by atoms with Crippen LogP contribution in [0.4, 0.5) is 0 Å². The maximum absolute atomic E-state index is 11.3. The standard InChI is InChI=1S/C15H24O2/c1-6-14(5)15(16)17-11-10-13(4)9-7-8-12(2)3/h6,8,10H,7,9,11H2,1-5H3/b13-10+,14-6?. The fourth-order valence-corrected chi connectivity index (χ4v) is 1.18. The van der Waals surface area contributed by atoms with E-state index in [0.717, 1.165) is 12.8 Å². The average Bonchev–Trinajstić information content (AvgIpc) is 2.27. The van der Waals surface area contributed by atoms with Crippen LogP contribution in [0.5, 0.6) is 0 Å². The number of ether oxygens (including phenoxy) is 1. The number of allylic oxidation sites excluding steroid dienone is 4. The van der Waals surface area contributed by atoms with E-state index < -0.39 is 0 Å². The largest absolute Gasteiger partial charge is 0.458 e. The molecule has 0 N–H and O–H groups in total. The Hall–Kier alpha value is -1.31. The van der Waals surface area contributed by atoms with Crippen LogP contribution in [0.15, 0.2) is 34.9 Å². The molecule has 0 saturated heterocycles. The smallest absolute Gasteiger partial charge is 0.333 e. The Bertz CT molecular complexity index is 329. The minimum atomic E-state index is -0.235. The van der Waals surface area contributed by atoms with Gasteiger partial charge in [0.1, 0.15) is 6.61 Å². The second-order valence-electron chi connectivity index (χ2n) is 4.44. The van der Waals surface area contributed by atoms with Gasteiger partial charge in [-0.2, -0.15) is 0 Å². The summed E-state index contributed by atoms with van der Waals surface area (Å²) in [7, 11) is 0. The van der Waals surface area contributed by atoms with Gasteiger partial charge >= 0.3 is 5.97 Å². The summed E-state index contributed by atoms with van der Waals surface area (Å²) in [5.41, 5.74) is 3.25. The predicted molar refractivity (Wildman–Crippen MR) is 72.8 cm³/mol. The summed E-state index contributed by atoms with van der Waals surface area (Å²) >= 11 is 0. The molecule has 0 rings (SSSR count). The van der Waals surface area contributed by atoms with Crippen molar-refractivity contribution in [2.75, 3.05) is 6.61 Å². The lowest BCUT2D eigenvalue weighted by Crippen LogP contribution is -2.05. The highest BCUT2D eigenvalue weighted by molar-refractivity contribution is 5.87. The lowest BCUT2D eigenvalue weighted by Gasteiger charge is -2.03. The number of hydrogen-bond acceptors (Lipinski definition) is 2. The molecule has 0 aliphatic heterocycles. The first-order valence-corrected chi connectivity index (χ1v) is 6.06. The number of esters is 1. The van der Waals surface area contributed by atoms with Crippen molar-refractivity contribution in [2.24, 2.45) is 0 Å².